The van der Waals surface area contributed by atoms with E-state index in [1.54, 1.807) is 12.1 Å². The lowest BCUT2D eigenvalue weighted by Gasteiger charge is -2.02. The molecule has 0 amide bonds. The molecule has 1 aromatic carbocycles. The maximum atomic E-state index is 10.4. The van der Waals surface area contributed by atoms with E-state index in [1.165, 1.54) is 0 Å². The molecule has 0 aliphatic rings. The van der Waals surface area contributed by atoms with Gasteiger partial charge in [-0.3, -0.25) is 0 Å². The summed E-state index contributed by atoms with van der Waals surface area (Å²) in [6, 6.07) is 3.16. The summed E-state index contributed by atoms with van der Waals surface area (Å²) in [5, 5.41) is 26.9. The van der Waals surface area contributed by atoms with Crippen LogP contribution in [-0.4, -0.2) is 21.3 Å². The molecule has 0 saturated carbocycles. The normalized spacial score (nSPS) is 11.5. The number of rotatable bonds is 2. The first-order chi connectivity index (χ1) is 6.91. The number of aliphatic carboxylic acids is 1. The fourth-order valence-electron chi connectivity index (χ4n) is 0.888. The van der Waals surface area contributed by atoms with E-state index in [-0.39, 0.29) is 5.75 Å². The smallest absolute Gasteiger partial charge is 0.370 e. The first kappa shape index (κ1) is 12.6. The lowest BCUT2D eigenvalue weighted by Crippen LogP contribution is -1.98. The highest BCUT2D eigenvalue weighted by atomic mass is 127. The van der Waals surface area contributed by atoms with E-state index in [4.69, 9.17) is 10.2 Å². The molecule has 0 spiro atoms. The molecule has 0 heterocycles. The fraction of sp³-hybridized carbons (Fsp3) is 0. The largest absolute Gasteiger partial charge is 0.506 e. The topological polar surface area (TPSA) is 77.8 Å². The number of phenols is 1. The van der Waals surface area contributed by atoms with Crippen molar-refractivity contribution < 1.29 is 20.1 Å². The van der Waals surface area contributed by atoms with E-state index in [1.807, 2.05) is 45.2 Å². The Bertz CT molecular complexity index is 417. The minimum absolute atomic E-state index is 0.156. The van der Waals surface area contributed by atoms with E-state index in [0.717, 1.165) is 6.08 Å². The van der Waals surface area contributed by atoms with Crippen molar-refractivity contribution in [3.63, 3.8) is 0 Å². The summed E-state index contributed by atoms with van der Waals surface area (Å²) in [4.78, 5) is 10.4. The third-order valence-electron chi connectivity index (χ3n) is 1.56. The van der Waals surface area contributed by atoms with Gasteiger partial charge < -0.3 is 15.3 Å². The van der Waals surface area contributed by atoms with Crippen LogP contribution in [0.25, 0.3) is 6.08 Å². The van der Waals surface area contributed by atoms with Crippen molar-refractivity contribution in [2.75, 3.05) is 0 Å². The molecule has 0 fully saturated rings. The Morgan fingerprint density at radius 1 is 1.20 bits per heavy atom. The molecule has 0 saturated heterocycles. The van der Waals surface area contributed by atoms with Gasteiger partial charge in [-0.25, -0.2) is 4.79 Å². The standard InChI is InChI=1S/C9H6I2O4/c10-5-1-4(2-6(11)8(5)13)3-7(12)9(14)15/h1-3,12-13H,(H,14,15). The molecule has 0 aliphatic heterocycles. The van der Waals surface area contributed by atoms with Crippen molar-refractivity contribution in [3.8, 4) is 5.75 Å². The SMILES string of the molecule is O=C(O)C(O)=Cc1cc(I)c(O)c(I)c1. The van der Waals surface area contributed by atoms with Crippen LogP contribution in [0.5, 0.6) is 5.75 Å². The van der Waals surface area contributed by atoms with Crippen molar-refractivity contribution in [2.24, 2.45) is 0 Å². The van der Waals surface area contributed by atoms with Crippen LogP contribution >= 0.6 is 45.2 Å². The third-order valence-corrected chi connectivity index (χ3v) is 3.21. The van der Waals surface area contributed by atoms with E-state index in [9.17, 15) is 9.90 Å². The first-order valence-corrected chi connectivity index (χ1v) is 5.89. The highest BCUT2D eigenvalue weighted by molar-refractivity contribution is 14.1. The Kier molecular flexibility index (Phi) is 4.20. The van der Waals surface area contributed by atoms with Crippen LogP contribution in [0.1, 0.15) is 5.56 Å². The number of hydrogen-bond acceptors (Lipinski definition) is 3. The van der Waals surface area contributed by atoms with E-state index in [0.29, 0.717) is 12.7 Å². The van der Waals surface area contributed by atoms with Crippen LogP contribution in [-0.2, 0) is 4.79 Å². The molecule has 0 aromatic heterocycles. The molecular formula is C9H6I2O4. The number of carboxylic acid groups (broad SMARTS) is 1. The second kappa shape index (κ2) is 5.01. The van der Waals surface area contributed by atoms with Crippen LogP contribution in [0.2, 0.25) is 0 Å². The van der Waals surface area contributed by atoms with Gasteiger partial charge >= 0.3 is 5.97 Å². The van der Waals surface area contributed by atoms with Gasteiger partial charge in [-0.1, -0.05) is 0 Å². The molecule has 4 nitrogen and oxygen atoms in total. The zero-order valence-corrected chi connectivity index (χ0v) is 11.6. The number of carbonyl (C=O) groups is 1. The average molecular weight is 432 g/mol. The van der Waals surface area contributed by atoms with E-state index in [2.05, 4.69) is 0 Å². The summed E-state index contributed by atoms with van der Waals surface area (Å²) in [5.74, 6) is -1.96. The Morgan fingerprint density at radius 2 is 1.67 bits per heavy atom. The number of carboxylic acids is 1. The minimum atomic E-state index is -1.38. The molecule has 0 aliphatic carbocycles. The molecule has 80 valence electrons. The fourth-order valence-corrected chi connectivity index (χ4v) is 2.70. The zero-order chi connectivity index (χ0) is 11.6. The average Bonchev–Trinajstić information content (AvgIpc) is 2.13. The van der Waals surface area contributed by atoms with Crippen molar-refractivity contribution in [2.45, 2.75) is 0 Å². The maximum Gasteiger partial charge on any atom is 0.370 e. The van der Waals surface area contributed by atoms with Crippen LogP contribution in [0.4, 0.5) is 0 Å². The van der Waals surface area contributed by atoms with Gasteiger partial charge in [0.15, 0.2) is 0 Å². The number of aliphatic hydroxyl groups excluding tert-OH is 1. The van der Waals surface area contributed by atoms with Crippen LogP contribution in [0.3, 0.4) is 0 Å². The lowest BCUT2D eigenvalue weighted by molar-refractivity contribution is -0.135. The second-order valence-electron chi connectivity index (χ2n) is 2.67. The molecule has 0 unspecified atom stereocenters. The first-order valence-electron chi connectivity index (χ1n) is 3.73. The van der Waals surface area contributed by atoms with Crippen LogP contribution in [0, 0.1) is 7.14 Å². The van der Waals surface area contributed by atoms with Gasteiger partial charge in [-0.2, -0.15) is 0 Å². The molecule has 0 bridgehead atoms. The van der Waals surface area contributed by atoms with Gasteiger partial charge in [-0.15, -0.1) is 0 Å². The Morgan fingerprint density at radius 3 is 2.07 bits per heavy atom. The number of aromatic hydroxyl groups is 1. The monoisotopic (exact) mass is 432 g/mol. The van der Waals surface area contributed by atoms with Crippen LogP contribution < -0.4 is 0 Å². The molecule has 0 radical (unpaired) electrons. The van der Waals surface area contributed by atoms with Gasteiger partial charge in [0.1, 0.15) is 5.75 Å². The van der Waals surface area contributed by atoms with Gasteiger partial charge in [0.25, 0.3) is 0 Å². The zero-order valence-electron chi connectivity index (χ0n) is 7.24. The molecule has 15 heavy (non-hydrogen) atoms. The highest BCUT2D eigenvalue weighted by Crippen LogP contribution is 2.28. The minimum Gasteiger partial charge on any atom is -0.506 e. The van der Waals surface area contributed by atoms with Gasteiger partial charge in [0.2, 0.25) is 5.76 Å². The van der Waals surface area contributed by atoms with E-state index < -0.39 is 11.7 Å². The molecule has 6 heteroatoms. The summed E-state index contributed by atoms with van der Waals surface area (Å²) in [6.07, 6.45) is 1.13. The molecule has 3 N–H and O–H groups in total. The van der Waals surface area contributed by atoms with Crippen molar-refractivity contribution in [1.29, 1.82) is 0 Å². The number of phenolic OH excluding ortho intramolecular Hbond substituents is 1. The van der Waals surface area contributed by atoms with Gasteiger partial charge in [0.05, 0.1) is 7.14 Å². The number of benzene rings is 1. The molecule has 0 atom stereocenters. The molecular weight excluding hydrogens is 426 g/mol. The predicted molar refractivity (Wildman–Crippen MR) is 71.8 cm³/mol. The number of halogens is 2. The van der Waals surface area contributed by atoms with E-state index >= 15 is 0 Å². The Hall–Kier alpha value is -0.510. The Balaban J connectivity index is 3.18. The Labute approximate surface area is 113 Å². The quantitative estimate of drug-likeness (QED) is 0.382. The summed E-state index contributed by atoms with van der Waals surface area (Å²) in [6.45, 7) is 0. The summed E-state index contributed by atoms with van der Waals surface area (Å²) < 4.78 is 1.20. The van der Waals surface area contributed by atoms with Gasteiger partial charge in [0, 0.05) is 0 Å². The summed E-state index contributed by atoms with van der Waals surface area (Å²) in [7, 11) is 0. The summed E-state index contributed by atoms with van der Waals surface area (Å²) in [5.41, 5.74) is 0.529. The predicted octanol–water partition coefficient (Wildman–Crippen LogP) is 2.58. The summed E-state index contributed by atoms with van der Waals surface area (Å²) >= 11 is 3.85. The molecule has 1 rings (SSSR count). The van der Waals surface area contributed by atoms with Crippen LogP contribution in [0.15, 0.2) is 17.9 Å². The number of hydrogen-bond donors (Lipinski definition) is 3. The second-order valence-corrected chi connectivity index (χ2v) is 4.99. The number of aliphatic hydroxyl groups is 1. The third kappa shape index (κ3) is 3.23. The van der Waals surface area contributed by atoms with Crippen molar-refractivity contribution in [3.05, 3.63) is 30.6 Å². The lowest BCUT2D eigenvalue weighted by atomic mass is 10.2. The van der Waals surface area contributed by atoms with Crippen molar-refractivity contribution >= 4 is 57.2 Å². The van der Waals surface area contributed by atoms with Crippen molar-refractivity contribution in [1.82, 2.24) is 0 Å². The van der Waals surface area contributed by atoms with Gasteiger partial charge in [-0.05, 0) is 69.0 Å². The highest BCUT2D eigenvalue weighted by Gasteiger charge is 2.07. The molecule has 1 aromatic rings. The maximum absolute atomic E-state index is 10.4.